The van der Waals surface area contributed by atoms with E-state index in [2.05, 4.69) is 0 Å². The molecule has 1 aliphatic heterocycles. The molecule has 2 heterocycles. The fraction of sp³-hybridized carbons (Fsp3) is 0.208. The normalized spacial score (nSPS) is 16.2. The van der Waals surface area contributed by atoms with Gasteiger partial charge in [-0.2, -0.15) is 0 Å². The molecule has 1 aromatic heterocycles. The number of anilines is 1. The van der Waals surface area contributed by atoms with E-state index in [1.807, 2.05) is 38.1 Å². The van der Waals surface area contributed by atoms with Gasteiger partial charge in [-0.25, -0.2) is 4.90 Å². The first kappa shape index (κ1) is 19.6. The van der Waals surface area contributed by atoms with Crippen molar-refractivity contribution < 1.29 is 18.8 Å². The van der Waals surface area contributed by atoms with Gasteiger partial charge in [-0.1, -0.05) is 35.4 Å². The highest BCUT2D eigenvalue weighted by molar-refractivity contribution is 6.23. The monoisotopic (exact) mass is 402 g/mol. The molecular weight excluding hydrogens is 380 g/mol. The number of aryl methyl sites for hydroxylation is 2. The number of benzene rings is 2. The molecule has 0 spiro atoms. The zero-order chi connectivity index (χ0) is 21.3. The van der Waals surface area contributed by atoms with Crippen LogP contribution >= 0.6 is 0 Å². The minimum atomic E-state index is -0.891. The van der Waals surface area contributed by atoms with Crippen LogP contribution in [0, 0.1) is 13.8 Å². The predicted molar refractivity (Wildman–Crippen MR) is 112 cm³/mol. The molecule has 1 aliphatic rings. The predicted octanol–water partition coefficient (Wildman–Crippen LogP) is 3.87. The van der Waals surface area contributed by atoms with E-state index < -0.39 is 11.9 Å². The molecule has 0 N–H and O–H groups in total. The highest BCUT2D eigenvalue weighted by Gasteiger charge is 2.44. The van der Waals surface area contributed by atoms with Gasteiger partial charge < -0.3 is 9.32 Å². The number of rotatable bonds is 5. The quantitative estimate of drug-likeness (QED) is 0.608. The van der Waals surface area contributed by atoms with Crippen LogP contribution in [-0.2, 0) is 16.1 Å². The van der Waals surface area contributed by atoms with Crippen molar-refractivity contribution in [1.29, 1.82) is 0 Å². The van der Waals surface area contributed by atoms with Crippen LogP contribution in [-0.4, -0.2) is 28.7 Å². The lowest BCUT2D eigenvalue weighted by molar-refractivity contribution is -0.122. The Hall–Kier alpha value is -3.67. The van der Waals surface area contributed by atoms with Gasteiger partial charge in [0.2, 0.25) is 5.91 Å². The summed E-state index contributed by atoms with van der Waals surface area (Å²) in [5.41, 5.74) is 3.03. The molecule has 0 aliphatic carbocycles. The minimum absolute atomic E-state index is 0.0645. The van der Waals surface area contributed by atoms with Crippen LogP contribution in [0.1, 0.15) is 33.7 Å². The molecule has 30 heavy (non-hydrogen) atoms. The minimum Gasteiger partial charge on any atom is -0.467 e. The van der Waals surface area contributed by atoms with Crippen molar-refractivity contribution in [1.82, 2.24) is 4.90 Å². The zero-order valence-corrected chi connectivity index (χ0v) is 16.9. The van der Waals surface area contributed by atoms with E-state index in [0.717, 1.165) is 11.1 Å². The Morgan fingerprint density at radius 3 is 2.23 bits per heavy atom. The third-order valence-corrected chi connectivity index (χ3v) is 5.26. The van der Waals surface area contributed by atoms with E-state index in [1.165, 1.54) is 16.1 Å². The molecule has 152 valence electrons. The second kappa shape index (κ2) is 7.99. The smallest absolute Gasteiger partial charge is 0.257 e. The van der Waals surface area contributed by atoms with Gasteiger partial charge in [0.15, 0.2) is 0 Å². The first-order valence-corrected chi connectivity index (χ1v) is 9.77. The Morgan fingerprint density at radius 2 is 1.63 bits per heavy atom. The highest BCUT2D eigenvalue weighted by Crippen LogP contribution is 2.28. The van der Waals surface area contributed by atoms with E-state index in [-0.39, 0.29) is 24.8 Å². The molecule has 0 saturated carbocycles. The van der Waals surface area contributed by atoms with Crippen molar-refractivity contribution in [3.63, 3.8) is 0 Å². The number of nitrogens with zero attached hydrogens (tertiary/aromatic N) is 2. The second-order valence-electron chi connectivity index (χ2n) is 7.50. The van der Waals surface area contributed by atoms with E-state index in [1.54, 1.807) is 36.4 Å². The molecule has 6 nitrogen and oxygen atoms in total. The van der Waals surface area contributed by atoms with E-state index >= 15 is 0 Å². The number of amides is 3. The Labute approximate surface area is 174 Å². The van der Waals surface area contributed by atoms with Crippen LogP contribution in [0.15, 0.2) is 71.3 Å². The molecule has 1 fully saturated rings. The van der Waals surface area contributed by atoms with Gasteiger partial charge in [0, 0.05) is 5.56 Å². The van der Waals surface area contributed by atoms with Crippen molar-refractivity contribution in [3.8, 4) is 0 Å². The van der Waals surface area contributed by atoms with E-state index in [9.17, 15) is 14.4 Å². The molecular formula is C24H22N2O4. The third kappa shape index (κ3) is 3.76. The lowest BCUT2D eigenvalue weighted by Gasteiger charge is -2.27. The number of furan rings is 1. The van der Waals surface area contributed by atoms with Crippen LogP contribution < -0.4 is 4.90 Å². The number of hydrogen-bond donors (Lipinski definition) is 0. The molecule has 6 heteroatoms. The first-order chi connectivity index (χ1) is 14.4. The molecule has 0 bridgehead atoms. The number of hydrogen-bond acceptors (Lipinski definition) is 4. The highest BCUT2D eigenvalue weighted by atomic mass is 16.3. The van der Waals surface area contributed by atoms with Crippen LogP contribution in [0.4, 0.5) is 5.69 Å². The Morgan fingerprint density at radius 1 is 1.00 bits per heavy atom. The lowest BCUT2D eigenvalue weighted by atomic mass is 10.1. The zero-order valence-electron chi connectivity index (χ0n) is 16.9. The average molecular weight is 402 g/mol. The lowest BCUT2D eigenvalue weighted by Crippen LogP contribution is -2.45. The largest absolute Gasteiger partial charge is 0.467 e. The summed E-state index contributed by atoms with van der Waals surface area (Å²) >= 11 is 0. The second-order valence-corrected chi connectivity index (χ2v) is 7.50. The van der Waals surface area contributed by atoms with E-state index in [4.69, 9.17) is 4.42 Å². The number of imide groups is 1. The maximum atomic E-state index is 13.3. The van der Waals surface area contributed by atoms with Gasteiger partial charge >= 0.3 is 0 Å². The van der Waals surface area contributed by atoms with Crippen molar-refractivity contribution in [3.05, 3.63) is 89.4 Å². The van der Waals surface area contributed by atoms with Gasteiger partial charge in [-0.05, 0) is 50.2 Å². The molecule has 2 aromatic carbocycles. The summed E-state index contributed by atoms with van der Waals surface area (Å²) in [5, 5.41) is 0. The molecule has 1 saturated heterocycles. The standard InChI is InChI=1S/C24H22N2O4/c1-16-5-9-18(10-6-16)23(28)25(15-20-4-3-13-30-20)21-14-22(27)26(24(21)29)19-11-7-17(2)8-12-19/h3-13,21H,14-15H2,1-2H3. The summed E-state index contributed by atoms with van der Waals surface area (Å²) in [7, 11) is 0. The molecule has 4 rings (SSSR count). The SMILES string of the molecule is Cc1ccc(C(=O)N(Cc2ccco2)C2CC(=O)N(c3ccc(C)cc3)C2=O)cc1. The van der Waals surface area contributed by atoms with Gasteiger partial charge in [0.25, 0.3) is 11.8 Å². The maximum Gasteiger partial charge on any atom is 0.257 e. The summed E-state index contributed by atoms with van der Waals surface area (Å²) in [6.07, 6.45) is 1.45. The fourth-order valence-corrected chi connectivity index (χ4v) is 3.58. The topological polar surface area (TPSA) is 70.8 Å². The summed E-state index contributed by atoms with van der Waals surface area (Å²) in [6.45, 7) is 3.98. The Balaban J connectivity index is 1.67. The Kier molecular flexibility index (Phi) is 5.23. The van der Waals surface area contributed by atoms with Crippen LogP contribution in [0.2, 0.25) is 0 Å². The third-order valence-electron chi connectivity index (χ3n) is 5.26. The van der Waals surface area contributed by atoms with Crippen molar-refractivity contribution in [2.24, 2.45) is 0 Å². The fourth-order valence-electron chi connectivity index (χ4n) is 3.58. The summed E-state index contributed by atoms with van der Waals surface area (Å²) in [5.74, 6) is -0.501. The van der Waals surface area contributed by atoms with Gasteiger partial charge in [0.1, 0.15) is 11.8 Å². The van der Waals surface area contributed by atoms with Crippen molar-refractivity contribution in [2.45, 2.75) is 32.9 Å². The average Bonchev–Trinajstić information content (AvgIpc) is 3.35. The number of carbonyl (C=O) groups excluding carboxylic acids is 3. The van der Waals surface area contributed by atoms with Gasteiger partial charge in [-0.15, -0.1) is 0 Å². The number of carbonyl (C=O) groups is 3. The van der Waals surface area contributed by atoms with Crippen LogP contribution in [0.3, 0.4) is 0 Å². The van der Waals surface area contributed by atoms with Crippen molar-refractivity contribution in [2.75, 3.05) is 4.90 Å². The summed E-state index contributed by atoms with van der Waals surface area (Å²) in [4.78, 5) is 41.9. The van der Waals surface area contributed by atoms with Gasteiger partial charge in [0.05, 0.1) is 24.9 Å². The Bertz CT molecular complexity index is 1070. The molecule has 3 amide bonds. The first-order valence-electron chi connectivity index (χ1n) is 9.77. The molecule has 3 aromatic rings. The van der Waals surface area contributed by atoms with Crippen molar-refractivity contribution >= 4 is 23.4 Å². The van der Waals surface area contributed by atoms with E-state index in [0.29, 0.717) is 17.0 Å². The molecule has 1 unspecified atom stereocenters. The van der Waals surface area contributed by atoms with Gasteiger partial charge in [-0.3, -0.25) is 14.4 Å². The molecule has 1 atom stereocenters. The maximum absolute atomic E-state index is 13.3. The van der Waals surface area contributed by atoms with Crippen LogP contribution in [0.5, 0.6) is 0 Å². The molecule has 0 radical (unpaired) electrons. The van der Waals surface area contributed by atoms with Crippen LogP contribution in [0.25, 0.3) is 0 Å². The summed E-state index contributed by atoms with van der Waals surface area (Å²) < 4.78 is 5.41. The summed E-state index contributed by atoms with van der Waals surface area (Å²) in [6, 6.07) is 16.9.